The SMILES string of the molecule is CN=C(NCCc1cc(C)ccc1OC)NC1C2CCOC2C12CCCC2. The van der Waals surface area contributed by atoms with Crippen molar-refractivity contribution in [2.24, 2.45) is 16.3 Å². The third-order valence-electron chi connectivity index (χ3n) is 6.92. The summed E-state index contributed by atoms with van der Waals surface area (Å²) in [7, 11) is 3.60. The van der Waals surface area contributed by atoms with E-state index in [2.05, 4.69) is 40.7 Å². The molecular formula is C22H33N3O2. The number of guanidine groups is 1. The minimum absolute atomic E-state index is 0.346. The Bertz CT molecular complexity index is 697. The number of hydrogen-bond acceptors (Lipinski definition) is 3. The first-order valence-corrected chi connectivity index (χ1v) is 10.4. The highest BCUT2D eigenvalue weighted by atomic mass is 16.5. The molecule has 3 atom stereocenters. The van der Waals surface area contributed by atoms with Crippen LogP contribution in [0.5, 0.6) is 5.75 Å². The molecule has 1 saturated heterocycles. The van der Waals surface area contributed by atoms with E-state index >= 15 is 0 Å². The van der Waals surface area contributed by atoms with Gasteiger partial charge < -0.3 is 20.1 Å². The van der Waals surface area contributed by atoms with E-state index in [0.717, 1.165) is 31.3 Å². The van der Waals surface area contributed by atoms with Crippen LogP contribution < -0.4 is 15.4 Å². The van der Waals surface area contributed by atoms with E-state index in [1.807, 2.05) is 7.05 Å². The van der Waals surface area contributed by atoms with Crippen LogP contribution in [0.25, 0.3) is 0 Å². The van der Waals surface area contributed by atoms with Gasteiger partial charge in [-0.15, -0.1) is 0 Å². The van der Waals surface area contributed by atoms with Gasteiger partial charge in [-0.3, -0.25) is 4.99 Å². The highest BCUT2D eigenvalue weighted by Gasteiger charge is 2.65. The number of hydrogen-bond donors (Lipinski definition) is 2. The molecule has 0 radical (unpaired) electrons. The second-order valence-electron chi connectivity index (χ2n) is 8.37. The van der Waals surface area contributed by atoms with Crippen molar-refractivity contribution in [3.63, 3.8) is 0 Å². The molecule has 1 aliphatic heterocycles. The molecule has 27 heavy (non-hydrogen) atoms. The van der Waals surface area contributed by atoms with Crippen LogP contribution in [0.15, 0.2) is 23.2 Å². The van der Waals surface area contributed by atoms with Crippen molar-refractivity contribution in [1.29, 1.82) is 0 Å². The van der Waals surface area contributed by atoms with Gasteiger partial charge in [0.15, 0.2) is 5.96 Å². The zero-order valence-electron chi connectivity index (χ0n) is 16.9. The molecule has 2 aliphatic carbocycles. The van der Waals surface area contributed by atoms with Crippen LogP contribution in [-0.2, 0) is 11.2 Å². The van der Waals surface area contributed by atoms with Crippen LogP contribution in [0.2, 0.25) is 0 Å². The summed E-state index contributed by atoms with van der Waals surface area (Å²) in [5.74, 6) is 2.53. The molecule has 0 amide bonds. The molecule has 5 nitrogen and oxygen atoms in total. The lowest BCUT2D eigenvalue weighted by atomic mass is 9.54. The fourth-order valence-corrected chi connectivity index (χ4v) is 5.66. The number of methoxy groups -OCH3 is 1. The molecule has 0 aromatic heterocycles. The summed E-state index contributed by atoms with van der Waals surface area (Å²) in [6, 6.07) is 6.85. The Labute approximate surface area is 162 Å². The Balaban J connectivity index is 1.36. The van der Waals surface area contributed by atoms with Crippen molar-refractivity contribution in [3.8, 4) is 5.75 Å². The van der Waals surface area contributed by atoms with E-state index in [0.29, 0.717) is 23.5 Å². The molecule has 148 valence electrons. The summed E-state index contributed by atoms with van der Waals surface area (Å²) in [5, 5.41) is 7.28. The van der Waals surface area contributed by atoms with E-state index in [1.165, 1.54) is 43.2 Å². The minimum atomic E-state index is 0.346. The largest absolute Gasteiger partial charge is 0.496 e. The zero-order chi connectivity index (χ0) is 18.9. The predicted octanol–water partition coefficient (Wildman–Crippen LogP) is 3.06. The molecule has 3 fully saturated rings. The standard InChI is InChI=1S/C22H33N3O2/c1-15-6-7-18(26-3)16(14-15)8-12-24-21(23-2)25-19-17-9-13-27-20(17)22(19)10-4-5-11-22/h6-7,14,17,19-20H,4-5,8-13H2,1-3H3,(H2,23,24,25). The Morgan fingerprint density at radius 1 is 1.33 bits per heavy atom. The fraction of sp³-hybridized carbons (Fsp3) is 0.682. The summed E-state index contributed by atoms with van der Waals surface area (Å²) in [4.78, 5) is 4.49. The molecular weight excluding hydrogens is 338 g/mol. The number of nitrogens with one attached hydrogen (secondary N) is 2. The lowest BCUT2D eigenvalue weighted by Crippen LogP contribution is -2.69. The smallest absolute Gasteiger partial charge is 0.191 e. The van der Waals surface area contributed by atoms with Gasteiger partial charge in [-0.1, -0.05) is 30.5 Å². The van der Waals surface area contributed by atoms with E-state index in [-0.39, 0.29) is 0 Å². The molecule has 1 aromatic rings. The number of aryl methyl sites for hydroxylation is 1. The van der Waals surface area contributed by atoms with E-state index in [9.17, 15) is 0 Å². The van der Waals surface area contributed by atoms with Crippen molar-refractivity contribution >= 4 is 5.96 Å². The Morgan fingerprint density at radius 2 is 2.15 bits per heavy atom. The molecule has 0 bridgehead atoms. The number of benzene rings is 1. The maximum atomic E-state index is 6.10. The Kier molecular flexibility index (Phi) is 5.31. The second-order valence-corrected chi connectivity index (χ2v) is 8.37. The van der Waals surface area contributed by atoms with Crippen LogP contribution in [0.3, 0.4) is 0 Å². The van der Waals surface area contributed by atoms with E-state index in [4.69, 9.17) is 9.47 Å². The Hall–Kier alpha value is -1.75. The number of aliphatic imine (C=N–C) groups is 1. The molecule has 5 heteroatoms. The number of fused-ring (bicyclic) bond motifs is 2. The average molecular weight is 372 g/mol. The van der Waals surface area contributed by atoms with Gasteiger partial charge in [-0.05, 0) is 44.2 Å². The fourth-order valence-electron chi connectivity index (χ4n) is 5.66. The van der Waals surface area contributed by atoms with Crippen LogP contribution in [-0.4, -0.2) is 45.4 Å². The molecule has 1 aromatic carbocycles. The summed E-state index contributed by atoms with van der Waals surface area (Å²) in [6.07, 6.45) is 7.84. The summed E-state index contributed by atoms with van der Waals surface area (Å²) in [6.45, 7) is 3.88. The van der Waals surface area contributed by atoms with Gasteiger partial charge in [0.1, 0.15) is 5.75 Å². The highest BCUT2D eigenvalue weighted by Crippen LogP contribution is 2.60. The zero-order valence-corrected chi connectivity index (χ0v) is 16.9. The van der Waals surface area contributed by atoms with Gasteiger partial charge in [0.2, 0.25) is 0 Å². The first-order valence-electron chi connectivity index (χ1n) is 10.4. The lowest BCUT2D eigenvalue weighted by Gasteiger charge is -2.57. The maximum absolute atomic E-state index is 6.10. The lowest BCUT2D eigenvalue weighted by molar-refractivity contribution is -0.125. The molecule has 1 spiro atoms. The first kappa shape index (κ1) is 18.6. The van der Waals surface area contributed by atoms with E-state index < -0.39 is 0 Å². The predicted molar refractivity (Wildman–Crippen MR) is 108 cm³/mol. The van der Waals surface area contributed by atoms with Gasteiger partial charge in [-0.25, -0.2) is 0 Å². The topological polar surface area (TPSA) is 54.9 Å². The third-order valence-corrected chi connectivity index (χ3v) is 6.92. The van der Waals surface area contributed by atoms with Crippen molar-refractivity contribution in [1.82, 2.24) is 10.6 Å². The van der Waals surface area contributed by atoms with E-state index in [1.54, 1.807) is 7.11 Å². The first-order chi connectivity index (χ1) is 13.2. The van der Waals surface area contributed by atoms with Crippen LogP contribution in [0, 0.1) is 18.3 Å². The minimum Gasteiger partial charge on any atom is -0.496 e. The third kappa shape index (κ3) is 3.31. The monoisotopic (exact) mass is 371 g/mol. The van der Waals surface area contributed by atoms with Gasteiger partial charge >= 0.3 is 0 Å². The second kappa shape index (κ2) is 7.70. The molecule has 2 saturated carbocycles. The quantitative estimate of drug-likeness (QED) is 0.617. The number of nitrogens with zero attached hydrogens (tertiary/aromatic N) is 1. The normalized spacial score (nSPS) is 28.7. The number of ether oxygens (including phenoxy) is 2. The highest BCUT2D eigenvalue weighted by molar-refractivity contribution is 5.80. The van der Waals surface area contributed by atoms with Gasteiger partial charge in [0.25, 0.3) is 0 Å². The van der Waals surface area contributed by atoms with Crippen molar-refractivity contribution < 1.29 is 9.47 Å². The Morgan fingerprint density at radius 3 is 2.89 bits per heavy atom. The molecule has 3 aliphatic rings. The molecule has 3 unspecified atom stereocenters. The molecule has 1 heterocycles. The number of rotatable bonds is 5. The summed E-state index contributed by atoms with van der Waals surface area (Å²) >= 11 is 0. The summed E-state index contributed by atoms with van der Waals surface area (Å²) < 4.78 is 11.6. The average Bonchev–Trinajstić information content (AvgIpc) is 3.33. The summed E-state index contributed by atoms with van der Waals surface area (Å²) in [5.41, 5.74) is 2.84. The van der Waals surface area contributed by atoms with Crippen LogP contribution in [0.1, 0.15) is 43.2 Å². The van der Waals surface area contributed by atoms with Crippen molar-refractivity contribution in [2.75, 3.05) is 27.3 Å². The van der Waals surface area contributed by atoms with Crippen LogP contribution >= 0.6 is 0 Å². The molecule has 4 rings (SSSR count). The van der Waals surface area contributed by atoms with Gasteiger partial charge in [0.05, 0.1) is 13.2 Å². The van der Waals surface area contributed by atoms with Gasteiger partial charge in [0, 0.05) is 37.6 Å². The maximum Gasteiger partial charge on any atom is 0.191 e. The van der Waals surface area contributed by atoms with Gasteiger partial charge in [-0.2, -0.15) is 0 Å². The van der Waals surface area contributed by atoms with Crippen molar-refractivity contribution in [2.45, 2.75) is 57.6 Å². The van der Waals surface area contributed by atoms with Crippen molar-refractivity contribution in [3.05, 3.63) is 29.3 Å². The molecule has 2 N–H and O–H groups in total. The van der Waals surface area contributed by atoms with Crippen LogP contribution in [0.4, 0.5) is 0 Å².